The average Bonchev–Trinajstić information content (AvgIpc) is 3.23. The number of carbonyl (C=O) groups excluding carboxylic acids is 1. The molecule has 2 N–H and O–H groups in total. The van der Waals surface area contributed by atoms with E-state index in [1.54, 1.807) is 24.3 Å². The van der Waals surface area contributed by atoms with Crippen LogP contribution in [0.3, 0.4) is 0 Å². The molecular weight excluding hydrogens is 352 g/mol. The van der Waals surface area contributed by atoms with E-state index in [1.807, 2.05) is 0 Å². The Morgan fingerprint density at radius 1 is 1.31 bits per heavy atom. The van der Waals surface area contributed by atoms with Crippen LogP contribution in [0.15, 0.2) is 34.2 Å². The third kappa shape index (κ3) is 4.24. The largest absolute Gasteiger partial charge is 0.354 e. The first-order valence-corrected chi connectivity index (χ1v) is 10.7. The van der Waals surface area contributed by atoms with Crippen molar-refractivity contribution in [3.8, 4) is 0 Å². The Bertz CT molecular complexity index is 785. The molecule has 0 aromatic heterocycles. The lowest BCUT2D eigenvalue weighted by Crippen LogP contribution is -2.42. The van der Waals surface area contributed by atoms with Crippen LogP contribution in [0.2, 0.25) is 0 Å². The lowest BCUT2D eigenvalue weighted by molar-refractivity contribution is -0.121. The van der Waals surface area contributed by atoms with E-state index in [2.05, 4.69) is 26.9 Å². The number of aliphatic imine (C=N–C) groups is 1. The molecule has 0 bridgehead atoms. The number of hydrogen-bond acceptors (Lipinski definition) is 5. The Hall–Kier alpha value is -1.93. The van der Waals surface area contributed by atoms with Crippen molar-refractivity contribution in [3.05, 3.63) is 29.8 Å². The van der Waals surface area contributed by atoms with Gasteiger partial charge in [-0.05, 0) is 44.5 Å². The highest BCUT2D eigenvalue weighted by Crippen LogP contribution is 2.22. The predicted octanol–water partition coefficient (Wildman–Crippen LogP) is 1.11. The van der Waals surface area contributed by atoms with Crippen molar-refractivity contribution in [2.24, 2.45) is 4.99 Å². The summed E-state index contributed by atoms with van der Waals surface area (Å²) >= 11 is 0. The maximum Gasteiger partial charge on any atom is 0.263 e. The summed E-state index contributed by atoms with van der Waals surface area (Å²) in [5.41, 5.74) is 0.563. The van der Waals surface area contributed by atoms with Crippen LogP contribution in [-0.2, 0) is 14.8 Å². The summed E-state index contributed by atoms with van der Waals surface area (Å²) in [5.74, 6) is 0.262. The number of carbonyl (C=O) groups is 1. The minimum Gasteiger partial charge on any atom is -0.354 e. The number of likely N-dealkylation sites (tertiary alicyclic amines) is 1. The van der Waals surface area contributed by atoms with Crippen LogP contribution < -0.4 is 10.0 Å². The van der Waals surface area contributed by atoms with Crippen molar-refractivity contribution in [2.45, 2.75) is 43.5 Å². The Balaban J connectivity index is 1.50. The molecule has 8 heteroatoms. The lowest BCUT2D eigenvalue weighted by atomic mass is 10.2. The van der Waals surface area contributed by atoms with Gasteiger partial charge in [-0.3, -0.25) is 19.4 Å². The molecule has 1 unspecified atom stereocenters. The second-order valence-corrected chi connectivity index (χ2v) is 8.34. The van der Waals surface area contributed by atoms with Gasteiger partial charge in [0.2, 0.25) is 5.91 Å². The predicted molar refractivity (Wildman–Crippen MR) is 101 cm³/mol. The number of rotatable bonds is 7. The maximum atomic E-state index is 12.1. The van der Waals surface area contributed by atoms with Gasteiger partial charge in [0.05, 0.1) is 11.4 Å². The molecule has 1 atom stereocenters. The van der Waals surface area contributed by atoms with Gasteiger partial charge in [0.15, 0.2) is 0 Å². The zero-order valence-corrected chi connectivity index (χ0v) is 15.9. The van der Waals surface area contributed by atoms with Crippen molar-refractivity contribution in [3.63, 3.8) is 0 Å². The normalized spacial score (nSPS) is 21.3. The molecule has 1 amide bonds. The van der Waals surface area contributed by atoms with Crippen LogP contribution in [-0.4, -0.2) is 57.3 Å². The SMILES string of the molecule is CCC(CNC(=O)CCN=C1NS(=O)(=O)c2ccccc21)N1CCCC1. The van der Waals surface area contributed by atoms with Crippen molar-refractivity contribution in [1.29, 1.82) is 0 Å². The van der Waals surface area contributed by atoms with Crippen LogP contribution in [0.1, 0.15) is 38.2 Å². The van der Waals surface area contributed by atoms with Crippen LogP contribution in [0.5, 0.6) is 0 Å². The minimum absolute atomic E-state index is 0.0545. The third-order valence-electron chi connectivity index (χ3n) is 4.93. The van der Waals surface area contributed by atoms with Crippen molar-refractivity contribution in [2.75, 3.05) is 26.2 Å². The summed E-state index contributed by atoms with van der Waals surface area (Å²) in [6, 6.07) is 7.11. The van der Waals surface area contributed by atoms with E-state index in [9.17, 15) is 13.2 Å². The number of hydrogen-bond donors (Lipinski definition) is 2. The average molecular weight is 378 g/mol. The topological polar surface area (TPSA) is 90.9 Å². The number of amidine groups is 1. The Labute approximate surface area is 154 Å². The van der Waals surface area contributed by atoms with E-state index in [1.165, 1.54) is 12.8 Å². The fourth-order valence-corrected chi connectivity index (χ4v) is 4.73. The van der Waals surface area contributed by atoms with Crippen LogP contribution >= 0.6 is 0 Å². The number of fused-ring (bicyclic) bond motifs is 1. The molecule has 1 fully saturated rings. The molecule has 1 aromatic carbocycles. The molecule has 0 spiro atoms. The molecule has 2 aliphatic heterocycles. The van der Waals surface area contributed by atoms with Crippen molar-refractivity contribution >= 4 is 21.8 Å². The van der Waals surface area contributed by atoms with Crippen LogP contribution in [0.25, 0.3) is 0 Å². The molecule has 26 heavy (non-hydrogen) atoms. The molecule has 2 aliphatic rings. The van der Waals surface area contributed by atoms with Gasteiger partial charge in [0.1, 0.15) is 5.84 Å². The molecule has 142 valence electrons. The molecule has 0 aliphatic carbocycles. The van der Waals surface area contributed by atoms with Crippen LogP contribution in [0, 0.1) is 0 Å². The summed E-state index contributed by atoms with van der Waals surface area (Å²) in [6.07, 6.45) is 3.73. The summed E-state index contributed by atoms with van der Waals surface area (Å²) in [7, 11) is -3.53. The van der Waals surface area contributed by atoms with E-state index in [0.29, 0.717) is 24.0 Å². The summed E-state index contributed by atoms with van der Waals surface area (Å²) in [5, 5.41) is 2.98. The van der Waals surface area contributed by atoms with Gasteiger partial charge in [0, 0.05) is 24.6 Å². The van der Waals surface area contributed by atoms with Gasteiger partial charge in [0.25, 0.3) is 10.0 Å². The van der Waals surface area contributed by atoms with E-state index >= 15 is 0 Å². The summed E-state index contributed by atoms with van der Waals surface area (Å²) < 4.78 is 26.5. The highest BCUT2D eigenvalue weighted by molar-refractivity contribution is 7.90. The van der Waals surface area contributed by atoms with Gasteiger partial charge >= 0.3 is 0 Å². The molecule has 1 saturated heterocycles. The molecule has 3 rings (SSSR count). The first kappa shape index (κ1) is 18.8. The Morgan fingerprint density at radius 3 is 2.77 bits per heavy atom. The molecule has 0 saturated carbocycles. The quantitative estimate of drug-likeness (QED) is 0.743. The highest BCUT2D eigenvalue weighted by atomic mass is 32.2. The zero-order chi connectivity index (χ0) is 18.6. The first-order chi connectivity index (χ1) is 12.5. The number of benzene rings is 1. The Kier molecular flexibility index (Phi) is 5.93. The fraction of sp³-hybridized carbons (Fsp3) is 0.556. The fourth-order valence-electron chi connectivity index (χ4n) is 3.48. The molecule has 7 nitrogen and oxygen atoms in total. The molecule has 1 aromatic rings. The van der Waals surface area contributed by atoms with Gasteiger partial charge in [-0.25, -0.2) is 8.42 Å². The van der Waals surface area contributed by atoms with E-state index in [-0.39, 0.29) is 23.8 Å². The van der Waals surface area contributed by atoms with E-state index in [0.717, 1.165) is 19.5 Å². The van der Waals surface area contributed by atoms with Crippen LogP contribution in [0.4, 0.5) is 0 Å². The standard InChI is InChI=1S/C18H26N4O3S/c1-2-14(22-11-5-6-12-22)13-20-17(23)9-10-19-18-15-7-3-4-8-16(15)26(24,25)21-18/h3-4,7-8,14H,2,5-6,9-13H2,1H3,(H,19,21)(H,20,23). The summed E-state index contributed by atoms with van der Waals surface area (Å²) in [6.45, 7) is 5.27. The second kappa shape index (κ2) is 8.18. The molecule has 0 radical (unpaired) electrons. The summed E-state index contributed by atoms with van der Waals surface area (Å²) in [4.78, 5) is 19.0. The number of nitrogens with zero attached hydrogens (tertiary/aromatic N) is 2. The number of sulfonamides is 1. The smallest absolute Gasteiger partial charge is 0.263 e. The number of nitrogens with one attached hydrogen (secondary N) is 2. The van der Waals surface area contributed by atoms with Gasteiger partial charge in [-0.1, -0.05) is 19.1 Å². The van der Waals surface area contributed by atoms with E-state index in [4.69, 9.17) is 0 Å². The monoisotopic (exact) mass is 378 g/mol. The van der Waals surface area contributed by atoms with Gasteiger partial charge < -0.3 is 5.32 Å². The molecular formula is C18H26N4O3S. The van der Waals surface area contributed by atoms with Crippen molar-refractivity contribution < 1.29 is 13.2 Å². The third-order valence-corrected chi connectivity index (χ3v) is 6.33. The lowest BCUT2D eigenvalue weighted by Gasteiger charge is -2.26. The highest BCUT2D eigenvalue weighted by Gasteiger charge is 2.30. The zero-order valence-electron chi connectivity index (χ0n) is 15.1. The first-order valence-electron chi connectivity index (χ1n) is 9.18. The van der Waals surface area contributed by atoms with E-state index < -0.39 is 10.0 Å². The number of amides is 1. The second-order valence-electron chi connectivity index (χ2n) is 6.69. The van der Waals surface area contributed by atoms with Crippen molar-refractivity contribution in [1.82, 2.24) is 14.9 Å². The minimum atomic E-state index is -3.53. The molecule has 2 heterocycles. The maximum absolute atomic E-state index is 12.1. The Morgan fingerprint density at radius 2 is 2.04 bits per heavy atom. The van der Waals surface area contributed by atoms with Gasteiger partial charge in [-0.2, -0.15) is 0 Å². The van der Waals surface area contributed by atoms with Gasteiger partial charge in [-0.15, -0.1) is 0 Å².